The first-order valence-electron chi connectivity index (χ1n) is 9.81. The van der Waals surface area contributed by atoms with E-state index in [0.29, 0.717) is 13.1 Å². The van der Waals surface area contributed by atoms with Gasteiger partial charge in [-0.3, -0.25) is 4.99 Å². The molecule has 9 heteroatoms. The molecular weight excluding hydrogens is 471 g/mol. The summed E-state index contributed by atoms with van der Waals surface area (Å²) in [4.78, 5) is 20.6. The standard InChI is InChI=1S/C19H36N6O2.HI/c1-6-8-9-16(14-23-18(26)27-19(3,4)5)24-17(21-7-2)22-11-13-25-12-10-20-15-25;/h10,12,15-16H,6-9,11,13-14H2,1-5H3,(H,23,26)(H2,21,22,24);1H. The summed E-state index contributed by atoms with van der Waals surface area (Å²) in [7, 11) is 0. The number of carbonyl (C=O) groups excluding carboxylic acids is 1. The Labute approximate surface area is 186 Å². The zero-order valence-corrected chi connectivity index (χ0v) is 20.2. The maximum atomic E-state index is 11.9. The lowest BCUT2D eigenvalue weighted by molar-refractivity contribution is 0.0523. The molecule has 0 aliphatic carbocycles. The molecule has 28 heavy (non-hydrogen) atoms. The summed E-state index contributed by atoms with van der Waals surface area (Å²) in [6, 6.07) is 0.0866. The van der Waals surface area contributed by atoms with Crippen LogP contribution in [0.1, 0.15) is 53.9 Å². The number of imidazole rings is 1. The van der Waals surface area contributed by atoms with E-state index in [1.807, 2.05) is 38.5 Å². The number of alkyl carbamates (subject to hydrolysis) is 1. The molecule has 0 fully saturated rings. The van der Waals surface area contributed by atoms with Gasteiger partial charge in [-0.25, -0.2) is 9.78 Å². The molecule has 1 aromatic rings. The van der Waals surface area contributed by atoms with Gasteiger partial charge in [0.15, 0.2) is 5.96 Å². The van der Waals surface area contributed by atoms with Crippen molar-refractivity contribution in [3.05, 3.63) is 18.7 Å². The molecule has 1 rings (SSSR count). The molecule has 1 aromatic heterocycles. The molecule has 0 saturated carbocycles. The van der Waals surface area contributed by atoms with Gasteiger partial charge < -0.3 is 25.3 Å². The molecule has 1 unspecified atom stereocenters. The molecule has 0 aliphatic heterocycles. The molecule has 1 heterocycles. The molecule has 162 valence electrons. The normalized spacial score (nSPS) is 12.7. The highest BCUT2D eigenvalue weighted by atomic mass is 127. The van der Waals surface area contributed by atoms with Gasteiger partial charge in [-0.15, -0.1) is 24.0 Å². The Morgan fingerprint density at radius 3 is 2.61 bits per heavy atom. The van der Waals surface area contributed by atoms with E-state index in [2.05, 4.69) is 32.9 Å². The second-order valence-electron chi connectivity index (χ2n) is 7.43. The van der Waals surface area contributed by atoms with Crippen LogP contribution in [0.3, 0.4) is 0 Å². The molecule has 1 amide bonds. The van der Waals surface area contributed by atoms with Crippen LogP contribution in [0.2, 0.25) is 0 Å². The third kappa shape index (κ3) is 12.8. The van der Waals surface area contributed by atoms with Crippen molar-refractivity contribution < 1.29 is 9.53 Å². The number of hydrogen-bond donors (Lipinski definition) is 3. The molecule has 0 aliphatic rings. The SMILES string of the molecule is CCCCC(CNC(=O)OC(C)(C)C)NC(=NCCn1ccnc1)NCC.I. The van der Waals surface area contributed by atoms with Gasteiger partial charge in [-0.05, 0) is 34.1 Å². The molecule has 0 spiro atoms. The van der Waals surface area contributed by atoms with Gasteiger partial charge in [-0.2, -0.15) is 0 Å². The number of unbranched alkanes of at least 4 members (excludes halogenated alkanes) is 1. The van der Waals surface area contributed by atoms with Crippen LogP contribution >= 0.6 is 24.0 Å². The third-order valence-electron chi connectivity index (χ3n) is 3.67. The average Bonchev–Trinajstić information content (AvgIpc) is 3.09. The first-order valence-corrected chi connectivity index (χ1v) is 9.81. The maximum Gasteiger partial charge on any atom is 0.407 e. The summed E-state index contributed by atoms with van der Waals surface area (Å²) in [6.07, 6.45) is 8.18. The number of nitrogens with zero attached hydrogens (tertiary/aromatic N) is 3. The Kier molecular flexibility index (Phi) is 13.7. The molecule has 0 radical (unpaired) electrons. The van der Waals surface area contributed by atoms with Crippen molar-refractivity contribution in [3.8, 4) is 0 Å². The van der Waals surface area contributed by atoms with Crippen LogP contribution in [0.15, 0.2) is 23.7 Å². The minimum absolute atomic E-state index is 0. The summed E-state index contributed by atoms with van der Waals surface area (Å²) in [5, 5.41) is 9.55. The number of ether oxygens (including phenoxy) is 1. The highest BCUT2D eigenvalue weighted by Gasteiger charge is 2.18. The zero-order chi connectivity index (χ0) is 20.1. The van der Waals surface area contributed by atoms with E-state index >= 15 is 0 Å². The minimum atomic E-state index is -0.500. The summed E-state index contributed by atoms with van der Waals surface area (Å²) in [6.45, 7) is 12.4. The van der Waals surface area contributed by atoms with Crippen molar-refractivity contribution in [2.45, 2.75) is 72.1 Å². The molecule has 0 bridgehead atoms. The van der Waals surface area contributed by atoms with E-state index in [0.717, 1.165) is 38.3 Å². The Hall–Kier alpha value is -1.52. The van der Waals surface area contributed by atoms with Gasteiger partial charge in [0.25, 0.3) is 0 Å². The van der Waals surface area contributed by atoms with Crippen LogP contribution in [0.25, 0.3) is 0 Å². The Morgan fingerprint density at radius 1 is 1.29 bits per heavy atom. The number of nitrogens with one attached hydrogen (secondary N) is 3. The molecular formula is C19H37IN6O2. The van der Waals surface area contributed by atoms with Crippen molar-refractivity contribution in [2.75, 3.05) is 19.6 Å². The van der Waals surface area contributed by atoms with Crippen molar-refractivity contribution in [1.82, 2.24) is 25.5 Å². The Bertz CT molecular complexity index is 557. The highest BCUT2D eigenvalue weighted by molar-refractivity contribution is 14.0. The van der Waals surface area contributed by atoms with Gasteiger partial charge in [0.1, 0.15) is 5.60 Å². The van der Waals surface area contributed by atoms with Crippen LogP contribution in [-0.4, -0.2) is 52.9 Å². The quantitative estimate of drug-likeness (QED) is 0.257. The number of aromatic nitrogens is 2. The van der Waals surface area contributed by atoms with Crippen LogP contribution in [0, 0.1) is 0 Å². The first-order chi connectivity index (χ1) is 12.8. The number of guanidine groups is 1. The first kappa shape index (κ1) is 26.5. The van der Waals surface area contributed by atoms with Gasteiger partial charge in [0.05, 0.1) is 12.9 Å². The van der Waals surface area contributed by atoms with E-state index in [1.165, 1.54) is 0 Å². The predicted octanol–water partition coefficient (Wildman–Crippen LogP) is 3.14. The highest BCUT2D eigenvalue weighted by Crippen LogP contribution is 2.07. The number of aliphatic imine (C=N–C) groups is 1. The van der Waals surface area contributed by atoms with Gasteiger partial charge in [0.2, 0.25) is 0 Å². The van der Waals surface area contributed by atoms with E-state index in [4.69, 9.17) is 4.74 Å². The summed E-state index contributed by atoms with van der Waals surface area (Å²) >= 11 is 0. The van der Waals surface area contributed by atoms with Gasteiger partial charge >= 0.3 is 6.09 Å². The van der Waals surface area contributed by atoms with Gasteiger partial charge in [-0.1, -0.05) is 19.8 Å². The maximum absolute atomic E-state index is 11.9. The van der Waals surface area contributed by atoms with Crippen LogP contribution in [-0.2, 0) is 11.3 Å². The van der Waals surface area contributed by atoms with Crippen molar-refractivity contribution in [3.63, 3.8) is 0 Å². The van der Waals surface area contributed by atoms with E-state index in [9.17, 15) is 4.79 Å². The molecule has 8 nitrogen and oxygen atoms in total. The summed E-state index contributed by atoms with van der Waals surface area (Å²) in [5.41, 5.74) is -0.500. The number of rotatable bonds is 10. The van der Waals surface area contributed by atoms with Crippen LogP contribution in [0.4, 0.5) is 4.79 Å². The Morgan fingerprint density at radius 2 is 2.04 bits per heavy atom. The second kappa shape index (κ2) is 14.5. The van der Waals surface area contributed by atoms with E-state index in [-0.39, 0.29) is 30.0 Å². The minimum Gasteiger partial charge on any atom is -0.444 e. The number of halogens is 1. The summed E-state index contributed by atoms with van der Waals surface area (Å²) < 4.78 is 7.31. The second-order valence-corrected chi connectivity index (χ2v) is 7.43. The lowest BCUT2D eigenvalue weighted by Gasteiger charge is -2.24. The Balaban J connectivity index is 0.00000729. The lowest BCUT2D eigenvalue weighted by Crippen LogP contribution is -2.49. The fraction of sp³-hybridized carbons (Fsp3) is 0.737. The average molecular weight is 508 g/mol. The van der Waals surface area contributed by atoms with Gasteiger partial charge in [0, 0.05) is 38.1 Å². The van der Waals surface area contributed by atoms with Crippen molar-refractivity contribution >= 4 is 36.0 Å². The molecule has 0 aromatic carbocycles. The van der Waals surface area contributed by atoms with Crippen molar-refractivity contribution in [1.29, 1.82) is 0 Å². The fourth-order valence-electron chi connectivity index (χ4n) is 2.41. The molecule has 0 saturated heterocycles. The molecule has 1 atom stereocenters. The monoisotopic (exact) mass is 508 g/mol. The lowest BCUT2D eigenvalue weighted by atomic mass is 10.1. The number of carbonyl (C=O) groups is 1. The van der Waals surface area contributed by atoms with E-state index < -0.39 is 11.7 Å². The number of hydrogen-bond acceptors (Lipinski definition) is 4. The van der Waals surface area contributed by atoms with Crippen LogP contribution < -0.4 is 16.0 Å². The largest absolute Gasteiger partial charge is 0.444 e. The predicted molar refractivity (Wildman–Crippen MR) is 124 cm³/mol. The number of amides is 1. The topological polar surface area (TPSA) is 92.6 Å². The molecule has 3 N–H and O–H groups in total. The van der Waals surface area contributed by atoms with E-state index in [1.54, 1.807) is 12.5 Å². The van der Waals surface area contributed by atoms with Crippen molar-refractivity contribution in [2.24, 2.45) is 4.99 Å². The van der Waals surface area contributed by atoms with Crippen LogP contribution in [0.5, 0.6) is 0 Å². The smallest absolute Gasteiger partial charge is 0.407 e. The third-order valence-corrected chi connectivity index (χ3v) is 3.67. The summed E-state index contributed by atoms with van der Waals surface area (Å²) in [5.74, 6) is 0.754. The fourth-order valence-corrected chi connectivity index (χ4v) is 2.41. The zero-order valence-electron chi connectivity index (χ0n) is 17.8.